The van der Waals surface area contributed by atoms with Crippen molar-refractivity contribution in [3.8, 4) is 0 Å². The van der Waals surface area contributed by atoms with E-state index in [-0.39, 0.29) is 67.4 Å². The third kappa shape index (κ3) is 8.87. The Hall–Kier alpha value is 2.24. The third-order valence-corrected chi connectivity index (χ3v) is 0. The molecule has 0 aromatic carbocycles. The largest absolute Gasteiger partial charge is 0.153 e. The zero-order valence-electron chi connectivity index (χ0n) is 1.88. The zero-order valence-corrected chi connectivity index (χ0v) is 8.24. The molecule has 0 aliphatic rings. The predicted molar refractivity (Wildman–Crippen MR) is 16.9 cm³/mol. The molecule has 0 aliphatic heterocycles. The topological polar surface area (TPSA) is 0 Å². The molecule has 0 heterocycles. The van der Waals surface area contributed by atoms with Gasteiger partial charge in [0.15, 0.2) is 0 Å². The summed E-state index contributed by atoms with van der Waals surface area (Å²) in [6.45, 7) is 0. The Morgan fingerprint density at radius 1 is 1.00 bits per heavy atom. The van der Waals surface area contributed by atoms with Gasteiger partial charge in [-0.15, -0.1) is 0 Å². The van der Waals surface area contributed by atoms with E-state index >= 15 is 0 Å². The molecule has 0 aromatic rings. The van der Waals surface area contributed by atoms with Crippen LogP contribution in [0, 0.1) is 0 Å². The van der Waals surface area contributed by atoms with Gasteiger partial charge >= 0.3 is 0 Å². The summed E-state index contributed by atoms with van der Waals surface area (Å²) in [6.07, 6.45) is 0. The molecular weight excluding hydrogens is 264 g/mol. The van der Waals surface area contributed by atoms with Crippen LogP contribution < -0.4 is 0 Å². The zero-order chi connectivity index (χ0) is 0. The van der Waals surface area contributed by atoms with Crippen LogP contribution in [0.5, 0.6) is 0 Å². The summed E-state index contributed by atoms with van der Waals surface area (Å²) < 4.78 is 0. The molecule has 1 unspecified atom stereocenters. The molecule has 0 fully saturated rings. The van der Waals surface area contributed by atoms with Crippen LogP contribution in [0.15, 0.2) is 0 Å². The van der Waals surface area contributed by atoms with Crippen LogP contribution in [0.3, 0.4) is 0 Å². The van der Waals surface area contributed by atoms with E-state index < -0.39 is 0 Å². The molecule has 0 bridgehead atoms. The number of hydrogen-bond donors (Lipinski definition) is 0. The molecule has 0 rings (SSSR count). The van der Waals surface area contributed by atoms with Gasteiger partial charge in [-0.25, -0.2) is 0 Å². The van der Waals surface area contributed by atoms with Gasteiger partial charge in [-0.2, -0.15) is 9.90 Å². The molecule has 0 aliphatic carbocycles. The molecule has 1 atom stereocenters. The van der Waals surface area contributed by atoms with E-state index in [1.807, 2.05) is 0 Å². The quantitative estimate of drug-likeness (QED) is 0.416. The summed E-state index contributed by atoms with van der Waals surface area (Å²) in [7, 11) is 0. The first-order chi connectivity index (χ1) is 0. The fourth-order valence-electron chi connectivity index (χ4n) is 0. The average Bonchev–Trinajstić information content (AvgIpc) is 0. The van der Waals surface area contributed by atoms with Gasteiger partial charge in [0.05, 0.1) is 0 Å². The normalized spacial score (nSPS) is 0. The molecule has 0 amide bonds. The first kappa shape index (κ1) is 34.1. The summed E-state index contributed by atoms with van der Waals surface area (Å²) in [6, 6.07) is 0. The van der Waals surface area contributed by atoms with E-state index in [1.54, 1.807) is 0 Å². The minimum atomic E-state index is 0. The van der Waals surface area contributed by atoms with Gasteiger partial charge < -0.3 is 0 Å². The summed E-state index contributed by atoms with van der Waals surface area (Å²) in [5, 5.41) is 0. The van der Waals surface area contributed by atoms with Crippen LogP contribution >= 0.6 is 9.90 Å². The number of hydrogen-bond acceptors (Lipinski definition) is 0. The minimum Gasteiger partial charge on any atom is -0.153 e. The Bertz CT molecular complexity index is 8.00. The van der Waals surface area contributed by atoms with Crippen molar-refractivity contribution in [3.63, 3.8) is 0 Å². The molecule has 4 heavy (non-hydrogen) atoms. The van der Waals surface area contributed by atoms with E-state index in [9.17, 15) is 0 Å². The second-order valence-electron chi connectivity index (χ2n) is 0. The first-order valence-corrected chi connectivity index (χ1v) is 0. The second kappa shape index (κ2) is 18.8. The van der Waals surface area contributed by atoms with Crippen LogP contribution in [0.25, 0.3) is 0 Å². The molecule has 0 spiro atoms. The second-order valence-corrected chi connectivity index (χ2v) is 0. The van der Waals surface area contributed by atoms with Crippen molar-refractivity contribution in [1.29, 1.82) is 0 Å². The van der Waals surface area contributed by atoms with Crippen LogP contribution in [0.4, 0.5) is 0 Å². The predicted octanol–water partition coefficient (Wildman–Crippen LogP) is -0.328. The van der Waals surface area contributed by atoms with Gasteiger partial charge in [-0.05, 0) is 0 Å². The Kier molecular flexibility index (Phi) is 160. The van der Waals surface area contributed by atoms with Crippen LogP contribution in [0.1, 0.15) is 0 Å². The smallest absolute Gasteiger partial charge is 0 e. The molecular formula is H3FeNiPSn. The molecule has 0 nitrogen and oxygen atoms in total. The average molecular weight is 267 g/mol. The van der Waals surface area contributed by atoms with Crippen molar-refractivity contribution in [3.05, 3.63) is 0 Å². The monoisotopic (exact) mass is 268 g/mol. The van der Waals surface area contributed by atoms with Crippen molar-refractivity contribution in [2.45, 2.75) is 0 Å². The van der Waals surface area contributed by atoms with E-state index in [2.05, 4.69) is 0 Å². The van der Waals surface area contributed by atoms with Gasteiger partial charge in [0.2, 0.25) is 0 Å². The van der Waals surface area contributed by atoms with Crippen molar-refractivity contribution in [2.24, 2.45) is 0 Å². The Labute approximate surface area is 66.8 Å². The number of rotatable bonds is 0. The van der Waals surface area contributed by atoms with Gasteiger partial charge in [0.1, 0.15) is 0 Å². The van der Waals surface area contributed by atoms with Crippen LogP contribution in [0.2, 0.25) is 0 Å². The molecule has 30 valence electrons. The standard InChI is InChI=1S/Fe.Ni.H3P.Sn/h;;1H3;. The van der Waals surface area contributed by atoms with E-state index in [1.165, 1.54) is 0 Å². The molecule has 4 radical (unpaired) electrons. The van der Waals surface area contributed by atoms with Crippen LogP contribution in [-0.2, 0) is 33.6 Å². The van der Waals surface area contributed by atoms with Crippen molar-refractivity contribution >= 4 is 33.8 Å². The molecule has 0 aromatic heterocycles. The first-order valence-electron chi connectivity index (χ1n) is 0. The van der Waals surface area contributed by atoms with Gasteiger partial charge in [-0.1, -0.05) is 0 Å². The summed E-state index contributed by atoms with van der Waals surface area (Å²) in [4.78, 5) is 0. The molecule has 0 N–H and O–H groups in total. The van der Waals surface area contributed by atoms with Crippen molar-refractivity contribution < 1.29 is 33.6 Å². The third-order valence-electron chi connectivity index (χ3n) is 0. The van der Waals surface area contributed by atoms with Crippen LogP contribution in [-0.4, -0.2) is 23.9 Å². The van der Waals surface area contributed by atoms with Crippen molar-refractivity contribution in [1.82, 2.24) is 0 Å². The van der Waals surface area contributed by atoms with E-state index in [4.69, 9.17) is 0 Å². The fourth-order valence-corrected chi connectivity index (χ4v) is 0. The minimum absolute atomic E-state index is 0. The molecule has 4 heteroatoms. The molecule has 0 saturated carbocycles. The Morgan fingerprint density at radius 3 is 1.00 bits per heavy atom. The molecule has 0 saturated heterocycles. The van der Waals surface area contributed by atoms with E-state index in [0.717, 1.165) is 0 Å². The summed E-state index contributed by atoms with van der Waals surface area (Å²) in [5.41, 5.74) is 0. The Morgan fingerprint density at radius 2 is 1.00 bits per heavy atom. The van der Waals surface area contributed by atoms with Gasteiger partial charge in [-0.3, -0.25) is 0 Å². The fraction of sp³-hybridized carbons (Fsp3) is 0. The van der Waals surface area contributed by atoms with Gasteiger partial charge in [0, 0.05) is 57.5 Å². The summed E-state index contributed by atoms with van der Waals surface area (Å²) in [5.74, 6) is 0. The maximum atomic E-state index is 0. The Balaban J connectivity index is 0. The summed E-state index contributed by atoms with van der Waals surface area (Å²) >= 11 is 0. The maximum absolute atomic E-state index is 0. The maximum Gasteiger partial charge on any atom is 0 e. The van der Waals surface area contributed by atoms with E-state index in [0.29, 0.717) is 0 Å². The van der Waals surface area contributed by atoms with Crippen molar-refractivity contribution in [2.75, 3.05) is 0 Å². The SMILES string of the molecule is P.[Fe].[Ni].[Sn]. The van der Waals surface area contributed by atoms with Gasteiger partial charge in [0.25, 0.3) is 0 Å².